The van der Waals surface area contributed by atoms with Crippen LogP contribution < -0.4 is 0 Å². The molecule has 2 heterocycles. The number of pyridine rings is 2. The zero-order valence-corrected chi connectivity index (χ0v) is 11.2. The monoisotopic (exact) mass is 359 g/mol. The Morgan fingerprint density at radius 2 is 1.17 bits per heavy atom. The maximum Gasteiger partial charge on any atom is 0.0886 e. The summed E-state index contributed by atoms with van der Waals surface area (Å²) in [5.74, 6) is 0. The van der Waals surface area contributed by atoms with Crippen molar-refractivity contribution in [2.75, 3.05) is 0 Å². The minimum atomic E-state index is -5.17. The summed E-state index contributed by atoms with van der Waals surface area (Å²) >= 11 is 0. The first-order valence-corrected chi connectivity index (χ1v) is 5.79. The van der Waals surface area contributed by atoms with Crippen LogP contribution in [0, 0.1) is 0 Å². The molecule has 0 fully saturated rings. The number of aromatic nitrogens is 2. The Morgan fingerprint density at radius 3 is 1.39 bits per heavy atom. The molecular weight excluding hydrogens is 352 g/mol. The van der Waals surface area contributed by atoms with E-state index in [1.54, 1.807) is 12.4 Å². The van der Waals surface area contributed by atoms with E-state index in [0.717, 1.165) is 11.4 Å². The average Bonchev–Trinajstić information content (AvgIpc) is 2.29. The molecule has 0 aliphatic carbocycles. The maximum absolute atomic E-state index is 8.52. The molecular formula is C10H8AgN2O4S-2. The van der Waals surface area contributed by atoms with Gasteiger partial charge in [-0.25, -0.2) is 0 Å². The Kier molecular flexibility index (Phi) is 7.60. The summed E-state index contributed by atoms with van der Waals surface area (Å²) in [4.78, 5) is 8.37. The normalized spacial score (nSPS) is 9.67. The van der Waals surface area contributed by atoms with Crippen molar-refractivity contribution in [3.8, 4) is 11.4 Å². The van der Waals surface area contributed by atoms with Crippen LogP contribution in [0.5, 0.6) is 0 Å². The summed E-state index contributed by atoms with van der Waals surface area (Å²) in [6.07, 6.45) is 3.54. The van der Waals surface area contributed by atoms with Crippen molar-refractivity contribution in [3.63, 3.8) is 0 Å². The van der Waals surface area contributed by atoms with E-state index in [4.69, 9.17) is 17.5 Å². The van der Waals surface area contributed by atoms with Gasteiger partial charge in [0.1, 0.15) is 0 Å². The van der Waals surface area contributed by atoms with Gasteiger partial charge in [-0.2, -0.15) is 0 Å². The topological polar surface area (TPSA) is 106 Å². The summed E-state index contributed by atoms with van der Waals surface area (Å²) in [5.41, 5.74) is 1.83. The summed E-state index contributed by atoms with van der Waals surface area (Å²) in [7, 11) is -5.17. The second-order valence-electron chi connectivity index (χ2n) is 2.84. The van der Waals surface area contributed by atoms with Gasteiger partial charge in [0, 0.05) is 45.2 Å². The van der Waals surface area contributed by atoms with Crippen LogP contribution in [-0.2, 0) is 32.8 Å². The van der Waals surface area contributed by atoms with Gasteiger partial charge in [0.15, 0.2) is 0 Å². The average molecular weight is 360 g/mol. The van der Waals surface area contributed by atoms with Crippen LogP contribution in [0.2, 0.25) is 0 Å². The van der Waals surface area contributed by atoms with Crippen molar-refractivity contribution in [1.82, 2.24) is 9.97 Å². The van der Waals surface area contributed by atoms with E-state index in [2.05, 4.69) is 9.97 Å². The Hall–Kier alpha value is -1.09. The standard InChI is InChI=1S/C10H8N2.Ag.H2O4S/c1-3-7-11-9(5-1)10-6-2-4-8-12-10;;1-5(2,3)4/h1-8H;;(H2,1,2,3,4)/p-2. The van der Waals surface area contributed by atoms with E-state index in [1.807, 2.05) is 36.4 Å². The van der Waals surface area contributed by atoms with Gasteiger partial charge in [-0.1, -0.05) is 12.1 Å². The van der Waals surface area contributed by atoms with Crippen LogP contribution in [0.15, 0.2) is 48.8 Å². The molecule has 2 aromatic heterocycles. The van der Waals surface area contributed by atoms with Crippen molar-refractivity contribution in [2.24, 2.45) is 0 Å². The van der Waals surface area contributed by atoms with Crippen LogP contribution in [0.25, 0.3) is 11.4 Å². The van der Waals surface area contributed by atoms with Crippen LogP contribution >= 0.6 is 0 Å². The van der Waals surface area contributed by atoms with Gasteiger partial charge in [-0.15, -0.1) is 0 Å². The van der Waals surface area contributed by atoms with Crippen LogP contribution in [0.3, 0.4) is 0 Å². The smallest absolute Gasteiger partial charge is 0.0886 e. The second kappa shape index (κ2) is 8.09. The predicted molar refractivity (Wildman–Crippen MR) is 57.9 cm³/mol. The molecule has 0 bridgehead atoms. The zero-order chi connectivity index (χ0) is 12.7. The Morgan fingerprint density at radius 1 is 0.833 bits per heavy atom. The third kappa shape index (κ3) is 8.07. The largest absolute Gasteiger partial charge is 0.759 e. The zero-order valence-electron chi connectivity index (χ0n) is 8.86. The fourth-order valence-electron chi connectivity index (χ4n) is 1.03. The third-order valence-corrected chi connectivity index (χ3v) is 1.59. The van der Waals surface area contributed by atoms with Gasteiger partial charge in [-0.3, -0.25) is 18.4 Å². The number of hydrogen-bond donors (Lipinski definition) is 0. The molecule has 1 radical (unpaired) electrons. The van der Waals surface area contributed by atoms with E-state index in [9.17, 15) is 0 Å². The van der Waals surface area contributed by atoms with E-state index >= 15 is 0 Å². The summed E-state index contributed by atoms with van der Waals surface area (Å²) < 4.78 is 34.1. The fourth-order valence-corrected chi connectivity index (χ4v) is 1.03. The van der Waals surface area contributed by atoms with Crippen LogP contribution in [0.4, 0.5) is 0 Å². The van der Waals surface area contributed by atoms with Gasteiger partial charge in [0.2, 0.25) is 0 Å². The molecule has 0 aromatic carbocycles. The van der Waals surface area contributed by atoms with Gasteiger partial charge in [0.05, 0.1) is 11.4 Å². The SMILES string of the molecule is O=S(=O)([O-])[O-].[Ag].c1ccc(-c2ccccn2)nc1. The molecule has 0 N–H and O–H groups in total. The molecule has 0 aliphatic heterocycles. The van der Waals surface area contributed by atoms with Gasteiger partial charge in [0.25, 0.3) is 0 Å². The quantitative estimate of drug-likeness (QED) is 0.423. The first-order valence-electron chi connectivity index (χ1n) is 4.46. The number of rotatable bonds is 1. The fraction of sp³-hybridized carbons (Fsp3) is 0. The molecule has 6 nitrogen and oxygen atoms in total. The molecule has 0 amide bonds. The van der Waals surface area contributed by atoms with E-state index < -0.39 is 10.4 Å². The minimum Gasteiger partial charge on any atom is -0.759 e. The Balaban J connectivity index is 0.000000421. The maximum atomic E-state index is 8.52. The molecule has 2 aromatic rings. The first kappa shape index (κ1) is 16.9. The molecule has 18 heavy (non-hydrogen) atoms. The van der Waals surface area contributed by atoms with Gasteiger partial charge in [-0.05, 0) is 24.3 Å². The molecule has 0 spiro atoms. The first-order chi connectivity index (χ1) is 7.97. The molecule has 0 atom stereocenters. The third-order valence-electron chi connectivity index (χ3n) is 1.59. The van der Waals surface area contributed by atoms with Crippen molar-refractivity contribution in [1.29, 1.82) is 0 Å². The van der Waals surface area contributed by atoms with Gasteiger partial charge >= 0.3 is 0 Å². The molecule has 2 rings (SSSR count). The molecule has 0 saturated heterocycles. The number of nitrogens with zero attached hydrogens (tertiary/aromatic N) is 2. The summed E-state index contributed by atoms with van der Waals surface area (Å²) in [6, 6.07) is 11.6. The minimum absolute atomic E-state index is 0. The van der Waals surface area contributed by atoms with Crippen molar-refractivity contribution in [2.45, 2.75) is 0 Å². The molecule has 8 heteroatoms. The Labute approximate surface area is 120 Å². The summed E-state index contributed by atoms with van der Waals surface area (Å²) in [5, 5.41) is 0. The van der Waals surface area contributed by atoms with Crippen molar-refractivity contribution in [3.05, 3.63) is 48.8 Å². The number of hydrogen-bond acceptors (Lipinski definition) is 6. The molecule has 0 unspecified atom stereocenters. The molecule has 0 saturated carbocycles. The van der Waals surface area contributed by atoms with E-state index in [-0.39, 0.29) is 22.4 Å². The van der Waals surface area contributed by atoms with Gasteiger partial charge < -0.3 is 9.11 Å². The van der Waals surface area contributed by atoms with E-state index in [0.29, 0.717) is 0 Å². The Bertz CT molecular complexity index is 503. The van der Waals surface area contributed by atoms with Crippen LogP contribution in [-0.4, -0.2) is 27.5 Å². The second-order valence-corrected chi connectivity index (χ2v) is 3.65. The summed E-state index contributed by atoms with van der Waals surface area (Å²) in [6.45, 7) is 0. The van der Waals surface area contributed by atoms with E-state index in [1.165, 1.54) is 0 Å². The predicted octanol–water partition coefficient (Wildman–Crippen LogP) is 0.803. The van der Waals surface area contributed by atoms with Crippen molar-refractivity contribution >= 4 is 10.4 Å². The van der Waals surface area contributed by atoms with Crippen LogP contribution in [0.1, 0.15) is 0 Å². The molecule has 0 aliphatic rings. The van der Waals surface area contributed by atoms with Crippen molar-refractivity contribution < 1.29 is 39.9 Å². The molecule has 101 valence electrons.